The normalized spacial score (nSPS) is 39.5. The minimum Gasteiger partial charge on any atom is -0.461 e. The van der Waals surface area contributed by atoms with E-state index in [0.29, 0.717) is 26.1 Å². The standard InChI is InChI=1S/C23H30O7/c24-17-12-20-16(11-21(25)28-20)15(17)8-9-19(29-22-7-3-4-10-26-22)23-27-13-14-5-1-2-6-18(14)30-23/h1-2,5-6,8-9,15-17,19-25H,3-4,7,10-13H2/b9-8+/t15-,16-,17-,19-,20+,21?,22?,23?/m1/s1. The molecule has 30 heavy (non-hydrogen) atoms. The monoisotopic (exact) mass is 418 g/mol. The zero-order valence-corrected chi connectivity index (χ0v) is 17.0. The van der Waals surface area contributed by atoms with Crippen LogP contribution < -0.4 is 4.74 Å². The summed E-state index contributed by atoms with van der Waals surface area (Å²) in [5, 5.41) is 20.3. The molecule has 2 saturated heterocycles. The number of hydrogen-bond acceptors (Lipinski definition) is 7. The highest BCUT2D eigenvalue weighted by molar-refractivity contribution is 5.34. The van der Waals surface area contributed by atoms with Crippen molar-refractivity contribution in [2.24, 2.45) is 11.8 Å². The largest absolute Gasteiger partial charge is 0.461 e. The van der Waals surface area contributed by atoms with Crippen molar-refractivity contribution in [3.63, 3.8) is 0 Å². The van der Waals surface area contributed by atoms with E-state index < -0.39 is 24.8 Å². The quantitative estimate of drug-likeness (QED) is 0.711. The van der Waals surface area contributed by atoms with Gasteiger partial charge >= 0.3 is 0 Å². The van der Waals surface area contributed by atoms with Gasteiger partial charge in [-0.2, -0.15) is 0 Å². The van der Waals surface area contributed by atoms with Crippen molar-refractivity contribution in [2.45, 2.75) is 75.9 Å². The number of para-hydroxylation sites is 1. The molecule has 164 valence electrons. The van der Waals surface area contributed by atoms with Gasteiger partial charge in [0, 0.05) is 30.9 Å². The molecule has 0 radical (unpaired) electrons. The van der Waals surface area contributed by atoms with Crippen LogP contribution in [0.15, 0.2) is 36.4 Å². The van der Waals surface area contributed by atoms with Gasteiger partial charge in [0.1, 0.15) is 11.9 Å². The summed E-state index contributed by atoms with van der Waals surface area (Å²) in [6.45, 7) is 1.15. The van der Waals surface area contributed by atoms with E-state index in [1.165, 1.54) is 0 Å². The Hall–Kier alpha value is -1.48. The summed E-state index contributed by atoms with van der Waals surface area (Å²) in [4.78, 5) is 0. The van der Waals surface area contributed by atoms with Gasteiger partial charge in [-0.3, -0.25) is 0 Å². The highest BCUT2D eigenvalue weighted by atomic mass is 16.7. The highest BCUT2D eigenvalue weighted by Gasteiger charge is 2.48. The molecule has 3 unspecified atom stereocenters. The molecule has 2 N–H and O–H groups in total. The van der Waals surface area contributed by atoms with E-state index in [4.69, 9.17) is 23.7 Å². The van der Waals surface area contributed by atoms with Crippen LogP contribution in [-0.2, 0) is 25.6 Å². The Morgan fingerprint density at radius 1 is 1.10 bits per heavy atom. The summed E-state index contributed by atoms with van der Waals surface area (Å²) in [6.07, 6.45) is 5.24. The predicted molar refractivity (Wildman–Crippen MR) is 106 cm³/mol. The minimum absolute atomic E-state index is 0.0959. The Morgan fingerprint density at radius 3 is 2.87 bits per heavy atom. The van der Waals surface area contributed by atoms with Gasteiger partial charge in [-0.15, -0.1) is 0 Å². The fourth-order valence-electron chi connectivity index (χ4n) is 4.99. The van der Waals surface area contributed by atoms with E-state index in [9.17, 15) is 10.2 Å². The van der Waals surface area contributed by atoms with E-state index in [2.05, 4.69) is 0 Å². The molecule has 1 saturated carbocycles. The average molecular weight is 418 g/mol. The molecule has 7 heteroatoms. The van der Waals surface area contributed by atoms with Crippen molar-refractivity contribution in [1.29, 1.82) is 0 Å². The van der Waals surface area contributed by atoms with Crippen molar-refractivity contribution in [3.05, 3.63) is 42.0 Å². The van der Waals surface area contributed by atoms with Crippen LogP contribution in [0.5, 0.6) is 5.75 Å². The fourth-order valence-corrected chi connectivity index (χ4v) is 4.99. The molecule has 0 bridgehead atoms. The Morgan fingerprint density at radius 2 is 2.00 bits per heavy atom. The molecule has 0 spiro atoms. The van der Waals surface area contributed by atoms with Crippen LogP contribution in [0.3, 0.4) is 0 Å². The summed E-state index contributed by atoms with van der Waals surface area (Å²) < 4.78 is 29.6. The van der Waals surface area contributed by atoms with Crippen molar-refractivity contribution in [1.82, 2.24) is 0 Å². The maximum atomic E-state index is 10.5. The molecule has 3 fully saturated rings. The molecule has 1 aromatic carbocycles. The van der Waals surface area contributed by atoms with Crippen molar-refractivity contribution < 1.29 is 33.9 Å². The summed E-state index contributed by atoms with van der Waals surface area (Å²) in [7, 11) is 0. The second-order valence-corrected chi connectivity index (χ2v) is 8.60. The zero-order chi connectivity index (χ0) is 20.5. The van der Waals surface area contributed by atoms with Gasteiger partial charge in [-0.1, -0.05) is 30.4 Å². The Bertz CT molecular complexity index is 747. The molecular weight excluding hydrogens is 388 g/mol. The van der Waals surface area contributed by atoms with Gasteiger partial charge in [0.2, 0.25) is 6.29 Å². The first-order chi connectivity index (χ1) is 14.7. The van der Waals surface area contributed by atoms with Crippen molar-refractivity contribution in [2.75, 3.05) is 6.61 Å². The van der Waals surface area contributed by atoms with Crippen LogP contribution in [0.4, 0.5) is 0 Å². The molecule has 1 aromatic rings. The summed E-state index contributed by atoms with van der Waals surface area (Å²) >= 11 is 0. The molecule has 5 rings (SSSR count). The van der Waals surface area contributed by atoms with Crippen molar-refractivity contribution in [3.8, 4) is 5.75 Å². The predicted octanol–water partition coefficient (Wildman–Crippen LogP) is 2.49. The summed E-state index contributed by atoms with van der Waals surface area (Å²) in [6, 6.07) is 7.83. The molecule has 0 amide bonds. The van der Waals surface area contributed by atoms with Crippen LogP contribution in [0.2, 0.25) is 0 Å². The summed E-state index contributed by atoms with van der Waals surface area (Å²) in [5.41, 5.74) is 1.01. The molecule has 0 aromatic heterocycles. The molecule has 4 aliphatic rings. The Kier molecular flexibility index (Phi) is 6.09. The Labute approximate surface area is 176 Å². The van der Waals surface area contributed by atoms with Gasteiger partial charge < -0.3 is 33.9 Å². The van der Waals surface area contributed by atoms with Crippen LogP contribution in [-0.4, -0.2) is 54.0 Å². The third-order valence-corrected chi connectivity index (χ3v) is 6.55. The van der Waals surface area contributed by atoms with Gasteiger partial charge in [0.15, 0.2) is 12.6 Å². The lowest BCUT2D eigenvalue weighted by Gasteiger charge is -2.34. The number of aliphatic hydroxyl groups excluding tert-OH is 2. The maximum absolute atomic E-state index is 10.5. The van der Waals surface area contributed by atoms with Crippen LogP contribution >= 0.6 is 0 Å². The van der Waals surface area contributed by atoms with Crippen LogP contribution in [0.1, 0.15) is 37.7 Å². The van der Waals surface area contributed by atoms with E-state index in [-0.39, 0.29) is 24.2 Å². The van der Waals surface area contributed by atoms with E-state index in [1.54, 1.807) is 0 Å². The molecule has 1 aliphatic carbocycles. The third kappa shape index (κ3) is 4.28. The molecular formula is C23H30O7. The Balaban J connectivity index is 1.33. The maximum Gasteiger partial charge on any atom is 0.230 e. The molecule has 3 aliphatic heterocycles. The highest BCUT2D eigenvalue weighted by Crippen LogP contribution is 2.43. The number of hydrogen-bond donors (Lipinski definition) is 2. The van der Waals surface area contributed by atoms with E-state index in [1.807, 2.05) is 36.4 Å². The lowest BCUT2D eigenvalue weighted by molar-refractivity contribution is -0.236. The van der Waals surface area contributed by atoms with Gasteiger partial charge in [0.25, 0.3) is 0 Å². The zero-order valence-electron chi connectivity index (χ0n) is 17.0. The lowest BCUT2D eigenvalue weighted by atomic mass is 9.91. The van der Waals surface area contributed by atoms with E-state index >= 15 is 0 Å². The second-order valence-electron chi connectivity index (χ2n) is 8.60. The SMILES string of the molecule is OC1C[C@@H]2[C@@H](/C=C/[C@@H](OC3CCCCO3)C3OCc4ccccc4O3)[C@H](O)C[C@@H]2O1. The van der Waals surface area contributed by atoms with Gasteiger partial charge in [0.05, 0.1) is 18.8 Å². The van der Waals surface area contributed by atoms with E-state index in [0.717, 1.165) is 30.6 Å². The molecule has 3 heterocycles. The van der Waals surface area contributed by atoms with Crippen molar-refractivity contribution >= 4 is 0 Å². The lowest BCUT2D eigenvalue weighted by Crippen LogP contribution is -2.41. The number of benzene rings is 1. The summed E-state index contributed by atoms with van der Waals surface area (Å²) in [5.74, 6) is 0.807. The number of aliphatic hydroxyl groups is 2. The fraction of sp³-hybridized carbons (Fsp3) is 0.652. The number of ether oxygens (including phenoxy) is 5. The molecule has 8 atom stereocenters. The first kappa shape index (κ1) is 20.4. The third-order valence-electron chi connectivity index (χ3n) is 6.55. The van der Waals surface area contributed by atoms with Crippen LogP contribution in [0, 0.1) is 11.8 Å². The van der Waals surface area contributed by atoms with Gasteiger partial charge in [-0.25, -0.2) is 0 Å². The minimum atomic E-state index is -0.743. The number of fused-ring (bicyclic) bond motifs is 2. The van der Waals surface area contributed by atoms with Crippen LogP contribution in [0.25, 0.3) is 0 Å². The first-order valence-electron chi connectivity index (χ1n) is 11.0. The topological polar surface area (TPSA) is 86.6 Å². The average Bonchev–Trinajstić information content (AvgIpc) is 3.26. The molecule has 7 nitrogen and oxygen atoms in total. The smallest absolute Gasteiger partial charge is 0.230 e. The number of rotatable bonds is 5. The van der Waals surface area contributed by atoms with Gasteiger partial charge in [-0.05, 0) is 31.2 Å². The second kappa shape index (κ2) is 8.94. The first-order valence-corrected chi connectivity index (χ1v) is 11.0.